The highest BCUT2D eigenvalue weighted by Crippen LogP contribution is 2.32. The molecule has 0 amide bonds. The van der Waals surface area contributed by atoms with E-state index in [-0.39, 0.29) is 11.9 Å². The summed E-state index contributed by atoms with van der Waals surface area (Å²) in [6.07, 6.45) is 6.83. The highest BCUT2D eigenvalue weighted by molar-refractivity contribution is 5.42. The highest BCUT2D eigenvalue weighted by Gasteiger charge is 2.31. The average molecular weight is 222 g/mol. The molecule has 1 atom stereocenters. The molecule has 0 saturated carbocycles. The van der Waals surface area contributed by atoms with Gasteiger partial charge in [-0.3, -0.25) is 10.3 Å². The van der Waals surface area contributed by atoms with Gasteiger partial charge in [0.1, 0.15) is 11.9 Å². The molecule has 1 aliphatic carbocycles. The summed E-state index contributed by atoms with van der Waals surface area (Å²) in [6, 6.07) is 0. The molecule has 16 heavy (non-hydrogen) atoms. The van der Waals surface area contributed by atoms with Crippen molar-refractivity contribution < 1.29 is 9.23 Å². The maximum absolute atomic E-state index is 13.0. The van der Waals surface area contributed by atoms with Gasteiger partial charge in [0, 0.05) is 17.2 Å². The van der Waals surface area contributed by atoms with Crippen LogP contribution >= 0.6 is 0 Å². The van der Waals surface area contributed by atoms with Crippen LogP contribution in [0.25, 0.3) is 0 Å². The summed E-state index contributed by atoms with van der Waals surface area (Å²) in [6.45, 7) is 2.09. The molecule has 0 aromatic heterocycles. The predicted molar refractivity (Wildman–Crippen MR) is 59.0 cm³/mol. The van der Waals surface area contributed by atoms with E-state index in [9.17, 15) is 4.39 Å². The first-order valence-electron chi connectivity index (χ1n) is 5.76. The topological polar surface area (TPSA) is 33.3 Å². The van der Waals surface area contributed by atoms with Crippen molar-refractivity contribution in [1.82, 2.24) is 10.8 Å². The Labute approximate surface area is 94.0 Å². The Morgan fingerprint density at radius 2 is 2.06 bits per heavy atom. The normalized spacial score (nSPS) is 30.1. The number of halogens is 1. The molecule has 0 radical (unpaired) electrons. The Balaban J connectivity index is 1.85. The van der Waals surface area contributed by atoms with Crippen molar-refractivity contribution in [2.24, 2.45) is 5.92 Å². The van der Waals surface area contributed by atoms with Gasteiger partial charge in [0.25, 0.3) is 0 Å². The number of nitrogens with one attached hydrogen (secondary N) is 2. The summed E-state index contributed by atoms with van der Waals surface area (Å²) < 4.78 is 13.0. The molecule has 3 aliphatic rings. The minimum atomic E-state index is -0.241. The van der Waals surface area contributed by atoms with Gasteiger partial charge in [0.15, 0.2) is 0 Å². The standard InChI is InChI=1S/C12H15FN2O/c13-9-1-2-10-11(7-9)16-15-12(10)8-3-5-14-6-4-8/h1-2,7-8,11,14-15H,3-6H2. The molecule has 3 rings (SSSR count). The molecule has 0 aromatic rings. The lowest BCUT2D eigenvalue weighted by molar-refractivity contribution is 0.0586. The molecule has 2 heterocycles. The lowest BCUT2D eigenvalue weighted by Crippen LogP contribution is -2.31. The number of fused-ring (bicyclic) bond motifs is 1. The van der Waals surface area contributed by atoms with Crippen molar-refractivity contribution in [3.05, 3.63) is 35.3 Å². The molecule has 3 nitrogen and oxygen atoms in total. The van der Waals surface area contributed by atoms with Crippen LogP contribution in [0.4, 0.5) is 4.39 Å². The summed E-state index contributed by atoms with van der Waals surface area (Å²) in [5, 5.41) is 3.34. The van der Waals surface area contributed by atoms with Crippen molar-refractivity contribution in [3.8, 4) is 0 Å². The summed E-state index contributed by atoms with van der Waals surface area (Å²) in [5.74, 6) is 0.294. The van der Waals surface area contributed by atoms with E-state index in [0.29, 0.717) is 5.92 Å². The van der Waals surface area contributed by atoms with Gasteiger partial charge in [0.2, 0.25) is 0 Å². The van der Waals surface area contributed by atoms with Crippen LogP contribution in [-0.2, 0) is 4.84 Å². The molecule has 1 unspecified atom stereocenters. The fourth-order valence-corrected chi connectivity index (χ4v) is 2.51. The van der Waals surface area contributed by atoms with Gasteiger partial charge in [-0.05, 0) is 38.1 Å². The van der Waals surface area contributed by atoms with Crippen LogP contribution in [-0.4, -0.2) is 19.2 Å². The molecule has 0 spiro atoms. The van der Waals surface area contributed by atoms with E-state index in [1.165, 1.54) is 12.2 Å². The van der Waals surface area contributed by atoms with Gasteiger partial charge in [0.05, 0.1) is 0 Å². The third-order valence-electron chi connectivity index (χ3n) is 3.39. The largest absolute Gasteiger partial charge is 0.317 e. The number of rotatable bonds is 1. The Hall–Kier alpha value is -1.13. The minimum absolute atomic E-state index is 0.220. The minimum Gasteiger partial charge on any atom is -0.317 e. The van der Waals surface area contributed by atoms with Crippen LogP contribution in [0, 0.1) is 5.92 Å². The smallest absolute Gasteiger partial charge is 0.133 e. The molecule has 0 bridgehead atoms. The molecule has 0 aromatic carbocycles. The van der Waals surface area contributed by atoms with Crippen molar-refractivity contribution in [1.29, 1.82) is 0 Å². The molecule has 86 valence electrons. The molecule has 4 heteroatoms. The zero-order chi connectivity index (χ0) is 11.0. The Kier molecular flexibility index (Phi) is 2.53. The first-order valence-corrected chi connectivity index (χ1v) is 5.76. The Morgan fingerprint density at radius 1 is 1.25 bits per heavy atom. The number of allylic oxidation sites excluding steroid dienone is 3. The third-order valence-corrected chi connectivity index (χ3v) is 3.39. The fraction of sp³-hybridized carbons (Fsp3) is 0.500. The third kappa shape index (κ3) is 1.68. The molecule has 2 N–H and O–H groups in total. The Bertz CT molecular complexity index is 380. The molecule has 1 saturated heterocycles. The van der Waals surface area contributed by atoms with E-state index in [0.717, 1.165) is 37.2 Å². The highest BCUT2D eigenvalue weighted by atomic mass is 19.1. The summed E-state index contributed by atoms with van der Waals surface area (Å²) in [7, 11) is 0. The van der Waals surface area contributed by atoms with Crippen LogP contribution < -0.4 is 10.8 Å². The van der Waals surface area contributed by atoms with Gasteiger partial charge in [-0.2, -0.15) is 0 Å². The second-order valence-electron chi connectivity index (χ2n) is 4.42. The number of hydrogen-bond acceptors (Lipinski definition) is 3. The van der Waals surface area contributed by atoms with Crippen molar-refractivity contribution in [2.45, 2.75) is 18.9 Å². The second-order valence-corrected chi connectivity index (χ2v) is 4.42. The van der Waals surface area contributed by atoms with E-state index in [4.69, 9.17) is 4.84 Å². The van der Waals surface area contributed by atoms with Crippen molar-refractivity contribution in [3.63, 3.8) is 0 Å². The summed E-state index contributed by atoms with van der Waals surface area (Å²) >= 11 is 0. The zero-order valence-electron chi connectivity index (χ0n) is 9.00. The van der Waals surface area contributed by atoms with Crippen LogP contribution in [0.1, 0.15) is 12.8 Å². The maximum atomic E-state index is 13.0. The van der Waals surface area contributed by atoms with Gasteiger partial charge < -0.3 is 5.32 Å². The average Bonchev–Trinajstić information content (AvgIpc) is 2.73. The van der Waals surface area contributed by atoms with Gasteiger partial charge in [-0.1, -0.05) is 6.08 Å². The first kappa shape index (κ1) is 10.1. The van der Waals surface area contributed by atoms with Crippen LogP contribution in [0.3, 0.4) is 0 Å². The fourth-order valence-electron chi connectivity index (χ4n) is 2.51. The molecular weight excluding hydrogens is 207 g/mol. The lowest BCUT2D eigenvalue weighted by Gasteiger charge is -2.24. The maximum Gasteiger partial charge on any atom is 0.133 e. The second kappa shape index (κ2) is 4.03. The van der Waals surface area contributed by atoms with Crippen molar-refractivity contribution >= 4 is 0 Å². The summed E-state index contributed by atoms with van der Waals surface area (Å²) in [5.41, 5.74) is 5.21. The van der Waals surface area contributed by atoms with E-state index in [2.05, 4.69) is 10.8 Å². The number of hydroxylamine groups is 1. The molecule has 2 aliphatic heterocycles. The Morgan fingerprint density at radius 3 is 2.88 bits per heavy atom. The van der Waals surface area contributed by atoms with Gasteiger partial charge in [-0.15, -0.1) is 0 Å². The van der Waals surface area contributed by atoms with Crippen LogP contribution in [0.5, 0.6) is 0 Å². The number of hydrogen-bond donors (Lipinski definition) is 2. The lowest BCUT2D eigenvalue weighted by atomic mass is 9.89. The molecule has 1 fully saturated rings. The van der Waals surface area contributed by atoms with E-state index in [1.807, 2.05) is 6.08 Å². The van der Waals surface area contributed by atoms with Crippen LogP contribution in [0.15, 0.2) is 35.3 Å². The first-order chi connectivity index (χ1) is 7.84. The van der Waals surface area contributed by atoms with Crippen LogP contribution in [0.2, 0.25) is 0 Å². The quantitative estimate of drug-likeness (QED) is 0.706. The van der Waals surface area contributed by atoms with E-state index >= 15 is 0 Å². The monoisotopic (exact) mass is 222 g/mol. The van der Waals surface area contributed by atoms with Gasteiger partial charge >= 0.3 is 0 Å². The number of piperidine rings is 1. The predicted octanol–water partition coefficient (Wildman–Crippen LogP) is 1.57. The SMILES string of the molecule is FC1=CC2ONC(C3CCNCC3)=C2C=C1. The van der Waals surface area contributed by atoms with E-state index < -0.39 is 0 Å². The molecular formula is C12H15FN2O. The van der Waals surface area contributed by atoms with Gasteiger partial charge in [-0.25, -0.2) is 4.39 Å². The summed E-state index contributed by atoms with van der Waals surface area (Å²) in [4.78, 5) is 5.38. The zero-order valence-corrected chi connectivity index (χ0v) is 9.00. The van der Waals surface area contributed by atoms with Crippen molar-refractivity contribution in [2.75, 3.05) is 13.1 Å². The van der Waals surface area contributed by atoms with E-state index in [1.54, 1.807) is 0 Å².